The summed E-state index contributed by atoms with van der Waals surface area (Å²) in [5, 5.41) is 5.75. The van der Waals surface area contributed by atoms with Crippen molar-refractivity contribution >= 4 is 50.8 Å². The van der Waals surface area contributed by atoms with Crippen molar-refractivity contribution in [3.63, 3.8) is 0 Å². The summed E-state index contributed by atoms with van der Waals surface area (Å²) in [7, 11) is 3.39. The first-order chi connectivity index (χ1) is 13.8. The van der Waals surface area contributed by atoms with E-state index in [9.17, 15) is 9.59 Å². The number of amides is 2. The van der Waals surface area contributed by atoms with Crippen molar-refractivity contribution in [2.24, 2.45) is 0 Å². The van der Waals surface area contributed by atoms with Crippen LogP contribution in [0.2, 0.25) is 0 Å². The first-order valence-corrected chi connectivity index (χ1v) is 10.4. The second-order valence-corrected chi connectivity index (χ2v) is 7.79. The van der Waals surface area contributed by atoms with E-state index in [2.05, 4.69) is 33.5 Å². The summed E-state index contributed by atoms with van der Waals surface area (Å²) in [5.41, 5.74) is 1.70. The number of carbonyl (C=O) groups excluding carboxylic acids is 2. The molecule has 0 saturated carbocycles. The smallest absolute Gasteiger partial charge is 0.257 e. The molecule has 2 amide bonds. The number of ether oxygens (including phenoxy) is 1. The number of unbranched alkanes of at least 4 members (excludes halogenated alkanes) is 1. The third-order valence-electron chi connectivity index (χ3n) is 3.97. The van der Waals surface area contributed by atoms with Crippen molar-refractivity contribution < 1.29 is 14.3 Å². The summed E-state index contributed by atoms with van der Waals surface area (Å²) in [6.07, 6.45) is 2.02. The van der Waals surface area contributed by atoms with E-state index in [1.165, 1.54) is 4.90 Å². The Morgan fingerprint density at radius 3 is 2.34 bits per heavy atom. The fourth-order valence-electron chi connectivity index (χ4n) is 2.38. The van der Waals surface area contributed by atoms with E-state index < -0.39 is 0 Å². The molecule has 0 aromatic heterocycles. The molecule has 2 aromatic rings. The van der Waals surface area contributed by atoms with Crippen LogP contribution in [0.4, 0.5) is 5.69 Å². The van der Waals surface area contributed by atoms with Gasteiger partial charge in [0.25, 0.3) is 11.8 Å². The number of nitrogens with zero attached hydrogens (tertiary/aromatic N) is 1. The van der Waals surface area contributed by atoms with Crippen molar-refractivity contribution in [3.05, 3.63) is 58.1 Å². The minimum Gasteiger partial charge on any atom is -0.492 e. The van der Waals surface area contributed by atoms with Crippen molar-refractivity contribution in [2.75, 3.05) is 26.0 Å². The number of carbonyl (C=O) groups is 2. The van der Waals surface area contributed by atoms with E-state index in [4.69, 9.17) is 17.0 Å². The van der Waals surface area contributed by atoms with Gasteiger partial charge in [-0.15, -0.1) is 0 Å². The quantitative estimate of drug-likeness (QED) is 0.455. The van der Waals surface area contributed by atoms with Crippen LogP contribution >= 0.6 is 28.1 Å². The first-order valence-electron chi connectivity index (χ1n) is 9.18. The van der Waals surface area contributed by atoms with Gasteiger partial charge in [-0.1, -0.05) is 13.3 Å². The third-order valence-corrected chi connectivity index (χ3v) is 4.80. The molecule has 29 heavy (non-hydrogen) atoms. The van der Waals surface area contributed by atoms with Gasteiger partial charge in [0.1, 0.15) is 5.75 Å². The maximum Gasteiger partial charge on any atom is 0.257 e. The molecule has 0 heterocycles. The monoisotopic (exact) mass is 477 g/mol. The Kier molecular flexibility index (Phi) is 8.60. The molecular formula is C21H24BrN3O3S. The lowest BCUT2D eigenvalue weighted by molar-refractivity contribution is 0.0827. The lowest BCUT2D eigenvalue weighted by Crippen LogP contribution is -2.34. The summed E-state index contributed by atoms with van der Waals surface area (Å²) in [5.74, 6) is 0.283. The second-order valence-electron chi connectivity index (χ2n) is 6.53. The highest BCUT2D eigenvalue weighted by atomic mass is 79.9. The Morgan fingerprint density at radius 1 is 1.10 bits per heavy atom. The highest BCUT2D eigenvalue weighted by Crippen LogP contribution is 2.26. The van der Waals surface area contributed by atoms with Crippen molar-refractivity contribution in [3.8, 4) is 5.75 Å². The Hall–Kier alpha value is -2.45. The normalized spacial score (nSPS) is 10.2. The molecule has 8 heteroatoms. The van der Waals surface area contributed by atoms with Crippen LogP contribution in [0.3, 0.4) is 0 Å². The average molecular weight is 478 g/mol. The predicted octanol–water partition coefficient (Wildman–Crippen LogP) is 4.46. The molecule has 0 bridgehead atoms. The van der Waals surface area contributed by atoms with Crippen LogP contribution in [0.5, 0.6) is 5.75 Å². The molecule has 0 unspecified atom stereocenters. The Bertz CT molecular complexity index is 885. The number of rotatable bonds is 7. The molecule has 0 spiro atoms. The number of thiocarbonyl (C=S) groups is 1. The lowest BCUT2D eigenvalue weighted by atomic mass is 10.2. The third kappa shape index (κ3) is 6.83. The summed E-state index contributed by atoms with van der Waals surface area (Å²) in [6, 6.07) is 12.0. The number of benzene rings is 2. The van der Waals surface area contributed by atoms with Gasteiger partial charge in [0.2, 0.25) is 0 Å². The predicted molar refractivity (Wildman–Crippen MR) is 123 cm³/mol. The highest BCUT2D eigenvalue weighted by Gasteiger charge is 2.12. The van der Waals surface area contributed by atoms with Crippen LogP contribution in [0, 0.1) is 0 Å². The van der Waals surface area contributed by atoms with Crippen LogP contribution in [0.15, 0.2) is 46.9 Å². The summed E-state index contributed by atoms with van der Waals surface area (Å²) in [6.45, 7) is 2.73. The topological polar surface area (TPSA) is 70.7 Å². The molecule has 0 fully saturated rings. The van der Waals surface area contributed by atoms with Gasteiger partial charge in [-0.3, -0.25) is 14.9 Å². The molecule has 0 aliphatic rings. The molecule has 0 atom stereocenters. The Labute approximate surface area is 184 Å². The summed E-state index contributed by atoms with van der Waals surface area (Å²) < 4.78 is 6.38. The molecule has 0 saturated heterocycles. The van der Waals surface area contributed by atoms with Crippen molar-refractivity contribution in [1.82, 2.24) is 10.2 Å². The second kappa shape index (κ2) is 10.9. The summed E-state index contributed by atoms with van der Waals surface area (Å²) >= 11 is 8.64. The largest absolute Gasteiger partial charge is 0.492 e. The van der Waals surface area contributed by atoms with E-state index in [1.54, 1.807) is 56.6 Å². The van der Waals surface area contributed by atoms with Gasteiger partial charge in [0, 0.05) is 30.9 Å². The number of hydrogen-bond acceptors (Lipinski definition) is 4. The van der Waals surface area contributed by atoms with E-state index in [0.717, 1.165) is 12.8 Å². The van der Waals surface area contributed by atoms with E-state index in [1.807, 2.05) is 0 Å². The van der Waals surface area contributed by atoms with Crippen molar-refractivity contribution in [2.45, 2.75) is 19.8 Å². The van der Waals surface area contributed by atoms with Gasteiger partial charge >= 0.3 is 0 Å². The van der Waals surface area contributed by atoms with Gasteiger partial charge in [-0.2, -0.15) is 0 Å². The molecule has 2 aromatic carbocycles. The highest BCUT2D eigenvalue weighted by molar-refractivity contribution is 9.10. The maximum atomic E-state index is 12.4. The standard InChI is InChI=1S/C21H24BrN3O3S/c1-4-5-12-28-18-11-8-15(13-17(18)22)19(26)24-21(29)23-16-9-6-14(7-10-16)20(27)25(2)3/h6-11,13H,4-5,12H2,1-3H3,(H2,23,24,26,29). The first kappa shape index (κ1) is 22.8. The van der Waals surface area contributed by atoms with Crippen LogP contribution in [-0.2, 0) is 0 Å². The molecule has 6 nitrogen and oxygen atoms in total. The zero-order valence-electron chi connectivity index (χ0n) is 16.6. The molecular weight excluding hydrogens is 454 g/mol. The van der Waals surface area contributed by atoms with Crippen LogP contribution in [0.1, 0.15) is 40.5 Å². The Morgan fingerprint density at radius 2 is 1.76 bits per heavy atom. The molecule has 0 aliphatic carbocycles. The molecule has 154 valence electrons. The molecule has 0 radical (unpaired) electrons. The van der Waals surface area contributed by atoms with Crippen LogP contribution in [-0.4, -0.2) is 42.5 Å². The SMILES string of the molecule is CCCCOc1ccc(C(=O)NC(=S)Nc2ccc(C(=O)N(C)C)cc2)cc1Br. The number of anilines is 1. The van der Waals surface area contributed by atoms with E-state index in [0.29, 0.717) is 33.6 Å². The van der Waals surface area contributed by atoms with Crippen LogP contribution < -0.4 is 15.4 Å². The van der Waals surface area contributed by atoms with Gasteiger partial charge in [-0.05, 0) is 77.0 Å². The van der Waals surface area contributed by atoms with Gasteiger partial charge in [-0.25, -0.2) is 0 Å². The van der Waals surface area contributed by atoms with Gasteiger partial charge < -0.3 is 15.0 Å². The number of hydrogen-bond donors (Lipinski definition) is 2. The average Bonchev–Trinajstić information content (AvgIpc) is 2.69. The van der Waals surface area contributed by atoms with E-state index in [-0.39, 0.29) is 16.9 Å². The molecule has 0 aliphatic heterocycles. The van der Waals surface area contributed by atoms with E-state index >= 15 is 0 Å². The minimum atomic E-state index is -0.331. The lowest BCUT2D eigenvalue weighted by Gasteiger charge is -2.13. The van der Waals surface area contributed by atoms with Gasteiger partial charge in [0.15, 0.2) is 5.11 Å². The number of nitrogens with one attached hydrogen (secondary N) is 2. The number of halogens is 1. The zero-order chi connectivity index (χ0) is 21.4. The Balaban J connectivity index is 1.94. The fourth-order valence-corrected chi connectivity index (χ4v) is 3.08. The fraction of sp³-hybridized carbons (Fsp3) is 0.286. The zero-order valence-corrected chi connectivity index (χ0v) is 19.0. The summed E-state index contributed by atoms with van der Waals surface area (Å²) in [4.78, 5) is 25.9. The van der Waals surface area contributed by atoms with Crippen LogP contribution in [0.25, 0.3) is 0 Å². The molecule has 2 rings (SSSR count). The maximum absolute atomic E-state index is 12.4. The minimum absolute atomic E-state index is 0.0832. The molecule has 2 N–H and O–H groups in total. The van der Waals surface area contributed by atoms with Crippen molar-refractivity contribution in [1.29, 1.82) is 0 Å². The van der Waals surface area contributed by atoms with Gasteiger partial charge in [0.05, 0.1) is 11.1 Å².